The first-order valence-electron chi connectivity index (χ1n) is 21.9. The minimum atomic E-state index is -1.70. The summed E-state index contributed by atoms with van der Waals surface area (Å²) in [6.45, 7) is 16.2. The first-order valence-corrected chi connectivity index (χ1v) is 21.9. The molecule has 2 aliphatic heterocycles. The van der Waals surface area contributed by atoms with E-state index in [2.05, 4.69) is 26.8 Å². The van der Waals surface area contributed by atoms with Gasteiger partial charge in [-0.2, -0.15) is 0 Å². The Balaban J connectivity index is 1.84. The molecule has 350 valence electrons. The van der Waals surface area contributed by atoms with E-state index in [4.69, 9.17) is 34.2 Å². The van der Waals surface area contributed by atoms with Crippen LogP contribution >= 0.6 is 0 Å². The second-order valence-corrected chi connectivity index (χ2v) is 17.5. The molecule has 2 fully saturated rings. The summed E-state index contributed by atoms with van der Waals surface area (Å²) in [6.07, 6.45) is 7.21. The number of nitrogens with two attached hydrogens (primary N) is 1. The lowest BCUT2D eigenvalue weighted by atomic mass is 9.73. The van der Waals surface area contributed by atoms with Crippen molar-refractivity contribution in [3.05, 3.63) is 90.6 Å². The predicted octanol–water partition coefficient (Wildman–Crippen LogP) is 5.54. The summed E-state index contributed by atoms with van der Waals surface area (Å²) in [7, 11) is 3.93. The minimum Gasteiger partial charge on any atom is -0.457 e. The molecule has 64 heavy (non-hydrogen) atoms. The maximum absolute atomic E-state index is 14.5. The maximum Gasteiger partial charge on any atom is 0.408 e. The molecule has 0 aromatic carbocycles. The van der Waals surface area contributed by atoms with Crippen molar-refractivity contribution in [2.24, 2.45) is 23.5 Å². The average Bonchev–Trinajstić information content (AvgIpc) is 3.26. The maximum atomic E-state index is 14.5. The molecular weight excluding hydrogens is 823 g/mol. The lowest BCUT2D eigenvalue weighted by Gasteiger charge is -2.47. The Bertz CT molecular complexity index is 1950. The Morgan fingerprint density at radius 2 is 1.81 bits per heavy atom. The van der Waals surface area contributed by atoms with Crippen molar-refractivity contribution in [3.8, 4) is 0 Å². The number of pyridine rings is 2. The fourth-order valence-electron chi connectivity index (χ4n) is 8.68. The molecule has 0 radical (unpaired) electrons. The third-order valence-electron chi connectivity index (χ3n) is 12.3. The van der Waals surface area contributed by atoms with E-state index in [1.54, 1.807) is 89.6 Å². The number of cyclic esters (lactones) is 1. The second-order valence-electron chi connectivity index (χ2n) is 17.5. The highest BCUT2D eigenvalue weighted by Gasteiger charge is 2.53. The Labute approximate surface area is 377 Å². The van der Waals surface area contributed by atoms with Crippen LogP contribution in [0.15, 0.2) is 79.3 Å². The van der Waals surface area contributed by atoms with Crippen molar-refractivity contribution < 1.29 is 52.4 Å². The molecular formula is C48H67N5O11. The quantitative estimate of drug-likeness (QED) is 0.0785. The van der Waals surface area contributed by atoms with E-state index in [1.807, 2.05) is 39.2 Å². The third kappa shape index (κ3) is 13.6. The molecule has 0 saturated carbocycles. The van der Waals surface area contributed by atoms with E-state index in [-0.39, 0.29) is 55.8 Å². The Morgan fingerprint density at radius 3 is 2.45 bits per heavy atom. The summed E-state index contributed by atoms with van der Waals surface area (Å²) in [5.41, 5.74) is 4.46. The molecule has 2 aromatic rings. The van der Waals surface area contributed by atoms with Gasteiger partial charge in [-0.3, -0.25) is 24.4 Å². The Hall–Kier alpha value is -5.29. The molecule has 12 atom stereocenters. The van der Waals surface area contributed by atoms with Gasteiger partial charge < -0.3 is 44.4 Å². The number of esters is 2. The first kappa shape index (κ1) is 51.3. The molecule has 2 saturated heterocycles. The molecule has 0 unspecified atom stereocenters. The van der Waals surface area contributed by atoms with Gasteiger partial charge in [0.15, 0.2) is 11.9 Å². The molecule has 16 heteroatoms. The van der Waals surface area contributed by atoms with E-state index in [0.717, 1.165) is 12.0 Å². The van der Waals surface area contributed by atoms with E-state index >= 15 is 0 Å². The zero-order valence-electron chi connectivity index (χ0n) is 38.6. The van der Waals surface area contributed by atoms with E-state index in [1.165, 1.54) is 6.92 Å². The van der Waals surface area contributed by atoms with Crippen LogP contribution in [0.2, 0.25) is 0 Å². The number of nitrogens with zero attached hydrogens (tertiary/aromatic N) is 3. The lowest BCUT2D eigenvalue weighted by Crippen LogP contribution is -2.62. The largest absolute Gasteiger partial charge is 0.457 e. The van der Waals surface area contributed by atoms with Crippen molar-refractivity contribution >= 4 is 36.4 Å². The van der Waals surface area contributed by atoms with Crippen molar-refractivity contribution in [2.75, 3.05) is 20.6 Å². The fraction of sp³-hybridized carbons (Fsp3) is 0.562. The van der Waals surface area contributed by atoms with Gasteiger partial charge >= 0.3 is 18.0 Å². The van der Waals surface area contributed by atoms with Gasteiger partial charge in [0.25, 0.3) is 6.47 Å². The highest BCUT2D eigenvalue weighted by molar-refractivity contribution is 5.90. The number of hydrogen-bond donors (Lipinski definition) is 2. The molecule has 0 spiro atoms. The van der Waals surface area contributed by atoms with Crippen LogP contribution in [0.5, 0.6) is 0 Å². The summed E-state index contributed by atoms with van der Waals surface area (Å²) < 4.78 is 37.5. The van der Waals surface area contributed by atoms with Crippen molar-refractivity contribution in [2.45, 2.75) is 135 Å². The number of Topliss-reactive ketones (excluding diaryl/α,β-unsaturated/α-hetero) is 1. The predicted molar refractivity (Wildman–Crippen MR) is 239 cm³/mol. The van der Waals surface area contributed by atoms with Crippen LogP contribution in [0.4, 0.5) is 4.79 Å². The highest BCUT2D eigenvalue weighted by Crippen LogP contribution is 2.40. The normalized spacial score (nSPS) is 32.1. The number of nitrogens with one attached hydrogen (secondary N) is 1. The summed E-state index contributed by atoms with van der Waals surface area (Å²) in [6, 6.07) is 7.71. The molecule has 2 aromatic heterocycles. The Morgan fingerprint density at radius 1 is 1.06 bits per heavy atom. The number of carbonyl (C=O) groups excluding carboxylic acids is 5. The summed E-state index contributed by atoms with van der Waals surface area (Å²) in [4.78, 5) is 79.2. The van der Waals surface area contributed by atoms with Gasteiger partial charge in [0, 0.05) is 55.4 Å². The SMILES string of the molecule is C=C1C(=O)O[C@H](CC)[C@@](C)(OC=O)[C@H](N)[C@@H](C)C(=O)[C@H](C)C[C@@](C)(OC(=O)NC/C=C/C=C/c2cccnc2)[C@H](O[C@H]2C[C@@H](N(C)C)C[C@@H](C)O2)[C@@H](C)[C@@H]1OC(=O)Cc1ccccn1. The number of allylic oxidation sites excluding steroid dienone is 2. The van der Waals surface area contributed by atoms with Gasteiger partial charge in [-0.15, -0.1) is 0 Å². The number of aromatic nitrogens is 2. The number of amides is 1. The molecule has 4 rings (SSSR count). The fourth-order valence-corrected chi connectivity index (χ4v) is 8.68. The van der Waals surface area contributed by atoms with Crippen molar-refractivity contribution in [3.63, 3.8) is 0 Å². The lowest BCUT2D eigenvalue weighted by molar-refractivity contribution is -0.264. The third-order valence-corrected chi connectivity index (χ3v) is 12.3. The van der Waals surface area contributed by atoms with Gasteiger partial charge in [0.2, 0.25) is 0 Å². The number of carbonyl (C=O) groups is 5. The van der Waals surface area contributed by atoms with Gasteiger partial charge in [0.1, 0.15) is 29.7 Å². The van der Waals surface area contributed by atoms with Crippen molar-refractivity contribution in [1.82, 2.24) is 20.2 Å². The molecule has 0 bridgehead atoms. The zero-order chi connectivity index (χ0) is 47.2. The topological polar surface area (TPSA) is 208 Å². The average molecular weight is 890 g/mol. The molecule has 16 nitrogen and oxygen atoms in total. The molecule has 4 heterocycles. The van der Waals surface area contributed by atoms with Crippen LogP contribution < -0.4 is 11.1 Å². The Kier molecular flexibility index (Phi) is 18.9. The van der Waals surface area contributed by atoms with Gasteiger partial charge in [0.05, 0.1) is 29.8 Å². The summed E-state index contributed by atoms with van der Waals surface area (Å²) in [5.74, 6) is -4.90. The van der Waals surface area contributed by atoms with Crippen LogP contribution in [-0.4, -0.2) is 120 Å². The molecule has 2 aliphatic rings. The van der Waals surface area contributed by atoms with Gasteiger partial charge in [-0.25, -0.2) is 9.59 Å². The summed E-state index contributed by atoms with van der Waals surface area (Å²) >= 11 is 0. The highest BCUT2D eigenvalue weighted by atomic mass is 16.7. The monoisotopic (exact) mass is 889 g/mol. The van der Waals surface area contributed by atoms with Crippen LogP contribution in [0, 0.1) is 17.8 Å². The van der Waals surface area contributed by atoms with Crippen LogP contribution in [0.3, 0.4) is 0 Å². The minimum absolute atomic E-state index is 0.0469. The molecule has 3 N–H and O–H groups in total. The van der Waals surface area contributed by atoms with E-state index < -0.39 is 77.6 Å². The number of ketones is 1. The zero-order valence-corrected chi connectivity index (χ0v) is 38.6. The van der Waals surface area contributed by atoms with E-state index in [9.17, 15) is 24.0 Å². The number of rotatable bonds is 14. The molecule has 1 amide bonds. The number of hydrogen-bond acceptors (Lipinski definition) is 15. The van der Waals surface area contributed by atoms with Gasteiger partial charge in [-0.05, 0) is 77.9 Å². The smallest absolute Gasteiger partial charge is 0.408 e. The van der Waals surface area contributed by atoms with Gasteiger partial charge in [-0.1, -0.05) is 70.7 Å². The first-order chi connectivity index (χ1) is 30.3. The molecule has 0 aliphatic carbocycles. The van der Waals surface area contributed by atoms with Crippen molar-refractivity contribution in [1.29, 1.82) is 0 Å². The number of alkyl carbamates (subject to hydrolysis) is 1. The van der Waals surface area contributed by atoms with E-state index in [0.29, 0.717) is 12.1 Å². The van der Waals surface area contributed by atoms with Crippen LogP contribution in [0.1, 0.15) is 85.4 Å². The summed E-state index contributed by atoms with van der Waals surface area (Å²) in [5, 5.41) is 2.76. The number of ether oxygens (including phenoxy) is 6. The van der Waals surface area contributed by atoms with Crippen LogP contribution in [-0.2, 0) is 54.0 Å². The second kappa shape index (κ2) is 23.6. The van der Waals surface area contributed by atoms with Crippen LogP contribution in [0.25, 0.3) is 6.08 Å². The standard InChI is InChI=1S/C48H67N5O11/c1-11-38-48(8,59-29-54)43(49)32(4)41(56)30(2)27-47(7,64-46(58)52-23-15-12-13-18-35-19-17-21-50-28-35)44(63-40-26-37(53(9)10)24-31(3)60-40)33(5)42(34(6)45(57)61-38)62-39(55)25-36-20-14-16-22-51-36/h12-22,28-33,37-38,40,42-44H,6,11,23-27,49H2,1-5,7-10H3,(H,52,58)/b15-12+,18-13+/t30-,31-,32+,33+,37+,38-,40+,42+,43-,44-,47-,48-/m1/s1.